The third kappa shape index (κ3) is 4.01. The van der Waals surface area contributed by atoms with Crippen LogP contribution in [-0.4, -0.2) is 22.4 Å². The van der Waals surface area contributed by atoms with Gasteiger partial charge in [-0.2, -0.15) is 5.10 Å². The Kier molecular flexibility index (Phi) is 5.33. The minimum atomic E-state index is -0.152. The minimum Gasteiger partial charge on any atom is -0.494 e. The van der Waals surface area contributed by atoms with E-state index in [1.54, 1.807) is 12.3 Å². The van der Waals surface area contributed by atoms with Crippen LogP contribution in [0.3, 0.4) is 0 Å². The molecule has 0 saturated heterocycles. The maximum absolute atomic E-state index is 13.1. The fourth-order valence-corrected chi connectivity index (χ4v) is 3.01. The number of hydrogen-bond donors (Lipinski definition) is 1. The van der Waals surface area contributed by atoms with Crippen molar-refractivity contribution in [2.45, 2.75) is 6.92 Å². The fraction of sp³-hybridized carbons (Fsp3) is 0.0870. The van der Waals surface area contributed by atoms with Crippen molar-refractivity contribution < 1.29 is 4.74 Å². The summed E-state index contributed by atoms with van der Waals surface area (Å²) in [6.07, 6.45) is 1.67. The van der Waals surface area contributed by atoms with Gasteiger partial charge in [0.15, 0.2) is 0 Å². The van der Waals surface area contributed by atoms with E-state index < -0.39 is 0 Å². The van der Waals surface area contributed by atoms with Crippen LogP contribution in [0.2, 0.25) is 0 Å². The zero-order valence-corrected chi connectivity index (χ0v) is 15.9. The topological polar surface area (TPSA) is 68.5 Å². The summed E-state index contributed by atoms with van der Waals surface area (Å²) < 4.78 is 6.97. The number of ether oxygens (including phenoxy) is 1. The Bertz CT molecular complexity index is 1200. The van der Waals surface area contributed by atoms with Gasteiger partial charge in [0.1, 0.15) is 5.75 Å². The van der Waals surface area contributed by atoms with E-state index in [-0.39, 0.29) is 5.56 Å². The monoisotopic (exact) mass is 384 g/mol. The second kappa shape index (κ2) is 8.39. The van der Waals surface area contributed by atoms with Crippen molar-refractivity contribution >= 4 is 23.1 Å². The number of fused-ring (bicyclic) bond motifs is 1. The highest BCUT2D eigenvalue weighted by atomic mass is 16.5. The van der Waals surface area contributed by atoms with Crippen LogP contribution < -0.4 is 15.7 Å². The number of hydrogen-bond acceptors (Lipinski definition) is 5. The van der Waals surface area contributed by atoms with E-state index >= 15 is 0 Å². The highest BCUT2D eigenvalue weighted by molar-refractivity contribution is 5.81. The lowest BCUT2D eigenvalue weighted by Crippen LogP contribution is -2.22. The SMILES string of the molecule is CCOc1ccc(/C=N\Nc2nc3ccccc3c(=O)n2-c2ccccc2)cc1. The van der Waals surface area contributed by atoms with Crippen molar-refractivity contribution in [1.82, 2.24) is 9.55 Å². The molecule has 0 aliphatic heterocycles. The molecular formula is C23H20N4O2. The molecule has 0 atom stereocenters. The molecule has 3 aromatic carbocycles. The van der Waals surface area contributed by atoms with E-state index in [0.717, 1.165) is 17.0 Å². The molecule has 0 spiro atoms. The summed E-state index contributed by atoms with van der Waals surface area (Å²) >= 11 is 0. The Balaban J connectivity index is 1.70. The first-order valence-electron chi connectivity index (χ1n) is 9.35. The van der Waals surface area contributed by atoms with Crippen LogP contribution in [0.1, 0.15) is 12.5 Å². The molecule has 1 aromatic heterocycles. The van der Waals surface area contributed by atoms with Crippen molar-refractivity contribution in [2.24, 2.45) is 5.10 Å². The molecule has 29 heavy (non-hydrogen) atoms. The first-order valence-corrected chi connectivity index (χ1v) is 9.35. The Morgan fingerprint density at radius 2 is 1.72 bits per heavy atom. The molecule has 0 aliphatic rings. The summed E-state index contributed by atoms with van der Waals surface area (Å²) in [4.78, 5) is 17.7. The van der Waals surface area contributed by atoms with E-state index in [2.05, 4.69) is 15.5 Å². The van der Waals surface area contributed by atoms with Crippen molar-refractivity contribution in [1.29, 1.82) is 0 Å². The van der Waals surface area contributed by atoms with Gasteiger partial charge in [0.2, 0.25) is 5.95 Å². The number of nitrogens with one attached hydrogen (secondary N) is 1. The summed E-state index contributed by atoms with van der Waals surface area (Å²) in [7, 11) is 0. The van der Waals surface area contributed by atoms with Gasteiger partial charge in [-0.3, -0.25) is 4.79 Å². The van der Waals surface area contributed by atoms with Crippen LogP contribution in [-0.2, 0) is 0 Å². The van der Waals surface area contributed by atoms with Crippen molar-refractivity contribution in [3.8, 4) is 11.4 Å². The average molecular weight is 384 g/mol. The summed E-state index contributed by atoms with van der Waals surface area (Å²) in [5.74, 6) is 1.16. The van der Waals surface area contributed by atoms with Gasteiger partial charge >= 0.3 is 0 Å². The van der Waals surface area contributed by atoms with Gasteiger partial charge in [-0.25, -0.2) is 15.0 Å². The fourth-order valence-electron chi connectivity index (χ4n) is 3.01. The van der Waals surface area contributed by atoms with Crippen molar-refractivity contribution in [3.63, 3.8) is 0 Å². The molecule has 4 rings (SSSR count). The lowest BCUT2D eigenvalue weighted by Gasteiger charge is -2.12. The van der Waals surface area contributed by atoms with Crippen LogP contribution in [0.15, 0.2) is 88.8 Å². The first-order chi connectivity index (χ1) is 14.3. The molecule has 0 bridgehead atoms. The first kappa shape index (κ1) is 18.4. The maximum atomic E-state index is 13.1. The summed E-state index contributed by atoms with van der Waals surface area (Å²) in [6.45, 7) is 2.57. The lowest BCUT2D eigenvalue weighted by molar-refractivity contribution is 0.340. The molecule has 4 aromatic rings. The van der Waals surface area contributed by atoms with Crippen molar-refractivity contribution in [2.75, 3.05) is 12.0 Å². The second-order valence-electron chi connectivity index (χ2n) is 6.30. The Morgan fingerprint density at radius 3 is 2.48 bits per heavy atom. The smallest absolute Gasteiger partial charge is 0.267 e. The van der Waals surface area contributed by atoms with E-state index in [1.165, 1.54) is 4.57 Å². The number of hydrazone groups is 1. The van der Waals surface area contributed by atoms with Gasteiger partial charge in [0, 0.05) is 0 Å². The number of nitrogens with zero attached hydrogens (tertiary/aromatic N) is 3. The van der Waals surface area contributed by atoms with Gasteiger partial charge in [-0.15, -0.1) is 0 Å². The molecule has 6 heteroatoms. The molecule has 0 saturated carbocycles. The number of para-hydroxylation sites is 2. The predicted octanol–water partition coefficient (Wildman–Crippen LogP) is 4.23. The van der Waals surface area contributed by atoms with Gasteiger partial charge in [0.25, 0.3) is 5.56 Å². The zero-order chi connectivity index (χ0) is 20.1. The molecule has 0 amide bonds. The van der Waals surface area contributed by atoms with Crippen molar-refractivity contribution in [3.05, 3.63) is 94.8 Å². The van der Waals surface area contributed by atoms with Crippen LogP contribution in [0.4, 0.5) is 5.95 Å². The summed E-state index contributed by atoms with van der Waals surface area (Å²) in [5, 5.41) is 4.84. The summed E-state index contributed by atoms with van der Waals surface area (Å²) in [5.41, 5.74) is 5.00. The number of benzene rings is 3. The lowest BCUT2D eigenvalue weighted by atomic mass is 10.2. The van der Waals surface area contributed by atoms with Gasteiger partial charge < -0.3 is 4.74 Å². The number of aromatic nitrogens is 2. The third-order valence-corrected chi connectivity index (χ3v) is 4.36. The number of rotatable bonds is 6. The van der Waals surface area contributed by atoms with Gasteiger partial charge in [0.05, 0.1) is 29.4 Å². The van der Waals surface area contributed by atoms with Crippen LogP contribution in [0.5, 0.6) is 5.75 Å². The van der Waals surface area contributed by atoms with Gasteiger partial charge in [-0.1, -0.05) is 30.3 Å². The average Bonchev–Trinajstić information content (AvgIpc) is 2.76. The van der Waals surface area contributed by atoms with E-state index in [1.807, 2.05) is 79.7 Å². The van der Waals surface area contributed by atoms with E-state index in [9.17, 15) is 4.79 Å². The van der Waals surface area contributed by atoms with Crippen LogP contribution >= 0.6 is 0 Å². The quantitative estimate of drug-likeness (QED) is 0.399. The Morgan fingerprint density at radius 1 is 1.00 bits per heavy atom. The Hall–Kier alpha value is -3.93. The standard InChI is InChI=1S/C23H20N4O2/c1-2-29-19-14-12-17(13-15-19)16-24-26-23-25-21-11-7-6-10-20(21)22(28)27(23)18-8-4-3-5-9-18/h3-16H,2H2,1H3,(H,25,26)/b24-16-. The molecule has 1 N–H and O–H groups in total. The molecule has 0 radical (unpaired) electrons. The molecule has 0 unspecified atom stereocenters. The maximum Gasteiger partial charge on any atom is 0.267 e. The zero-order valence-electron chi connectivity index (χ0n) is 15.9. The van der Waals surface area contributed by atoms with Crippen LogP contribution in [0.25, 0.3) is 16.6 Å². The normalized spacial score (nSPS) is 11.1. The predicted molar refractivity (Wildman–Crippen MR) is 116 cm³/mol. The second-order valence-corrected chi connectivity index (χ2v) is 6.30. The molecule has 144 valence electrons. The highest BCUT2D eigenvalue weighted by Gasteiger charge is 2.11. The van der Waals surface area contributed by atoms with E-state index in [4.69, 9.17) is 4.74 Å². The number of anilines is 1. The Labute approximate surface area is 168 Å². The minimum absolute atomic E-state index is 0.152. The highest BCUT2D eigenvalue weighted by Crippen LogP contribution is 2.16. The molecular weight excluding hydrogens is 364 g/mol. The van der Waals surface area contributed by atoms with Gasteiger partial charge in [-0.05, 0) is 61.0 Å². The molecule has 0 fully saturated rings. The summed E-state index contributed by atoms with van der Waals surface area (Å²) in [6, 6.07) is 24.3. The van der Waals surface area contributed by atoms with E-state index in [0.29, 0.717) is 23.5 Å². The third-order valence-electron chi connectivity index (χ3n) is 4.36. The molecule has 1 heterocycles. The molecule has 6 nitrogen and oxygen atoms in total. The largest absolute Gasteiger partial charge is 0.494 e. The van der Waals surface area contributed by atoms with Crippen LogP contribution in [0, 0.1) is 0 Å². The molecule has 0 aliphatic carbocycles.